The van der Waals surface area contributed by atoms with Crippen molar-refractivity contribution < 1.29 is 33.9 Å². The molecule has 0 aromatic carbocycles. The number of carbonyl (C=O) groups is 6. The third-order valence-electron chi connectivity index (χ3n) is 4.88. The first-order chi connectivity index (χ1) is 16.4. The number of hydrogen-bond donors (Lipinski definition) is 8. The lowest BCUT2D eigenvalue weighted by Gasteiger charge is -2.25. The Kier molecular flexibility index (Phi) is 16.1. The zero-order chi connectivity index (χ0) is 27.0. The number of nitrogens with two attached hydrogens (primary N) is 4. The standard InChI is InChI=1S/C20H37N7O7S/c1-35-9-7-11(22)17(30)27-14(10-16(24)29)19(32)25-12(4-2-3-8-21)18(31)26-13(20(33)34)5-6-15(23)28/h11-14H,2-10,21-22H2,1H3,(H2,23,28)(H2,24,29)(H,25,32)(H,26,31)(H,27,30)(H,33,34). The number of aliphatic carboxylic acids is 1. The second-order valence-electron chi connectivity index (χ2n) is 7.87. The van der Waals surface area contributed by atoms with E-state index in [1.54, 1.807) is 0 Å². The van der Waals surface area contributed by atoms with Crippen molar-refractivity contribution in [2.24, 2.45) is 22.9 Å². The van der Waals surface area contributed by atoms with Crippen LogP contribution in [0.3, 0.4) is 0 Å². The second kappa shape index (κ2) is 17.5. The largest absolute Gasteiger partial charge is 0.480 e. The second-order valence-corrected chi connectivity index (χ2v) is 8.86. The molecular weight excluding hydrogens is 482 g/mol. The van der Waals surface area contributed by atoms with Crippen molar-refractivity contribution in [2.75, 3.05) is 18.6 Å². The molecule has 0 aliphatic heterocycles. The van der Waals surface area contributed by atoms with E-state index in [0.29, 0.717) is 31.6 Å². The molecule has 35 heavy (non-hydrogen) atoms. The Bertz CT molecular complexity index is 753. The maximum atomic E-state index is 12.9. The van der Waals surface area contributed by atoms with Gasteiger partial charge in [0.1, 0.15) is 18.1 Å². The summed E-state index contributed by atoms with van der Waals surface area (Å²) < 4.78 is 0. The summed E-state index contributed by atoms with van der Waals surface area (Å²) in [5, 5.41) is 16.4. The fraction of sp³-hybridized carbons (Fsp3) is 0.700. The summed E-state index contributed by atoms with van der Waals surface area (Å²) >= 11 is 1.48. The maximum Gasteiger partial charge on any atom is 0.326 e. The number of carboxylic acids is 1. The number of carboxylic acid groups (broad SMARTS) is 1. The van der Waals surface area contributed by atoms with Crippen LogP contribution in [0, 0.1) is 0 Å². The van der Waals surface area contributed by atoms with Gasteiger partial charge >= 0.3 is 5.97 Å². The van der Waals surface area contributed by atoms with Crippen molar-refractivity contribution in [3.8, 4) is 0 Å². The monoisotopic (exact) mass is 519 g/mol. The summed E-state index contributed by atoms with van der Waals surface area (Å²) in [5.41, 5.74) is 21.5. The molecule has 14 nitrogen and oxygen atoms in total. The molecule has 0 spiro atoms. The first-order valence-electron chi connectivity index (χ1n) is 11.1. The van der Waals surface area contributed by atoms with Gasteiger partial charge in [0.05, 0.1) is 12.5 Å². The molecule has 0 fully saturated rings. The highest BCUT2D eigenvalue weighted by molar-refractivity contribution is 7.98. The van der Waals surface area contributed by atoms with Gasteiger partial charge in [-0.15, -0.1) is 0 Å². The zero-order valence-corrected chi connectivity index (χ0v) is 20.6. The predicted molar refractivity (Wildman–Crippen MR) is 130 cm³/mol. The molecule has 0 aromatic rings. The molecule has 0 bridgehead atoms. The van der Waals surface area contributed by atoms with E-state index in [4.69, 9.17) is 22.9 Å². The van der Waals surface area contributed by atoms with Crippen molar-refractivity contribution >= 4 is 47.3 Å². The lowest BCUT2D eigenvalue weighted by Crippen LogP contribution is -2.57. The first-order valence-corrected chi connectivity index (χ1v) is 12.5. The van der Waals surface area contributed by atoms with Gasteiger partial charge in [0.15, 0.2) is 0 Å². The van der Waals surface area contributed by atoms with E-state index in [-0.39, 0.29) is 19.3 Å². The summed E-state index contributed by atoms with van der Waals surface area (Å²) in [6.07, 6.45) is 2.16. The van der Waals surface area contributed by atoms with Crippen LogP contribution in [-0.2, 0) is 28.8 Å². The molecule has 5 amide bonds. The van der Waals surface area contributed by atoms with Crippen molar-refractivity contribution in [1.82, 2.24) is 16.0 Å². The normalized spacial score (nSPS) is 14.1. The van der Waals surface area contributed by atoms with Crippen LogP contribution < -0.4 is 38.9 Å². The highest BCUT2D eigenvalue weighted by atomic mass is 32.2. The van der Waals surface area contributed by atoms with Gasteiger partial charge in [-0.3, -0.25) is 24.0 Å². The maximum absolute atomic E-state index is 12.9. The minimum atomic E-state index is -1.42. The molecule has 0 radical (unpaired) electrons. The van der Waals surface area contributed by atoms with E-state index in [1.165, 1.54) is 11.8 Å². The summed E-state index contributed by atoms with van der Waals surface area (Å²) in [7, 11) is 0. The van der Waals surface area contributed by atoms with Gasteiger partial charge < -0.3 is 44.0 Å². The van der Waals surface area contributed by atoms with E-state index in [1.807, 2.05) is 6.26 Å². The molecule has 0 heterocycles. The van der Waals surface area contributed by atoms with Crippen molar-refractivity contribution in [3.05, 3.63) is 0 Å². The molecule has 0 saturated carbocycles. The lowest BCUT2D eigenvalue weighted by atomic mass is 10.1. The molecule has 200 valence electrons. The van der Waals surface area contributed by atoms with Gasteiger partial charge in [0.2, 0.25) is 29.5 Å². The Morgan fingerprint density at radius 2 is 1.37 bits per heavy atom. The Hall–Kier alpha value is -2.91. The molecule has 0 aliphatic rings. The van der Waals surface area contributed by atoms with Gasteiger partial charge in [0, 0.05) is 6.42 Å². The van der Waals surface area contributed by atoms with E-state index >= 15 is 0 Å². The number of rotatable bonds is 19. The molecule has 0 aromatic heterocycles. The zero-order valence-electron chi connectivity index (χ0n) is 19.8. The van der Waals surface area contributed by atoms with Gasteiger partial charge in [-0.05, 0) is 50.7 Å². The minimum Gasteiger partial charge on any atom is -0.480 e. The Labute approximate surface area is 208 Å². The number of unbranched alkanes of at least 4 members (excludes halogenated alkanes) is 1. The minimum absolute atomic E-state index is 0.0986. The number of carbonyl (C=O) groups excluding carboxylic acids is 5. The van der Waals surface area contributed by atoms with Crippen LogP contribution in [-0.4, -0.2) is 83.3 Å². The average Bonchev–Trinajstić information content (AvgIpc) is 2.78. The fourth-order valence-electron chi connectivity index (χ4n) is 2.92. The highest BCUT2D eigenvalue weighted by Gasteiger charge is 2.31. The highest BCUT2D eigenvalue weighted by Crippen LogP contribution is 2.06. The molecule has 15 heteroatoms. The van der Waals surface area contributed by atoms with E-state index in [2.05, 4.69) is 16.0 Å². The van der Waals surface area contributed by atoms with Crippen LogP contribution in [0.5, 0.6) is 0 Å². The molecule has 4 unspecified atom stereocenters. The van der Waals surface area contributed by atoms with E-state index < -0.39 is 66.1 Å². The summed E-state index contributed by atoms with van der Waals surface area (Å²) in [5.74, 6) is -4.75. The van der Waals surface area contributed by atoms with Crippen LogP contribution in [0.15, 0.2) is 0 Å². The van der Waals surface area contributed by atoms with E-state index in [9.17, 15) is 33.9 Å². The summed E-state index contributed by atoms with van der Waals surface area (Å²) in [6, 6.07) is -4.94. The number of amides is 5. The van der Waals surface area contributed by atoms with Crippen LogP contribution in [0.25, 0.3) is 0 Å². The van der Waals surface area contributed by atoms with Crippen molar-refractivity contribution in [1.29, 1.82) is 0 Å². The Morgan fingerprint density at radius 1 is 0.800 bits per heavy atom. The summed E-state index contributed by atoms with van der Waals surface area (Å²) in [4.78, 5) is 71.9. The summed E-state index contributed by atoms with van der Waals surface area (Å²) in [6.45, 7) is 0.326. The molecule has 12 N–H and O–H groups in total. The molecule has 0 saturated heterocycles. The Balaban J connectivity index is 5.50. The molecule has 0 aliphatic carbocycles. The molecular formula is C20H37N7O7S. The SMILES string of the molecule is CSCCC(N)C(=O)NC(CC(N)=O)C(=O)NC(CCCCN)C(=O)NC(CCC(N)=O)C(=O)O. The molecule has 4 atom stereocenters. The lowest BCUT2D eigenvalue weighted by molar-refractivity contribution is -0.142. The number of nitrogens with one attached hydrogen (secondary N) is 3. The van der Waals surface area contributed by atoms with E-state index in [0.717, 1.165) is 0 Å². The smallest absolute Gasteiger partial charge is 0.326 e. The molecule has 0 rings (SSSR count). The number of thioether (sulfide) groups is 1. The van der Waals surface area contributed by atoms with Crippen molar-refractivity contribution in [3.63, 3.8) is 0 Å². The van der Waals surface area contributed by atoms with Crippen molar-refractivity contribution in [2.45, 2.75) is 69.1 Å². The third kappa shape index (κ3) is 14.2. The number of hydrogen-bond acceptors (Lipinski definition) is 9. The predicted octanol–water partition coefficient (Wildman–Crippen LogP) is -3.12. The van der Waals surface area contributed by atoms with Crippen LogP contribution in [0.4, 0.5) is 0 Å². The fourth-order valence-corrected chi connectivity index (χ4v) is 3.40. The van der Waals surface area contributed by atoms with Crippen LogP contribution in [0.1, 0.15) is 44.9 Å². The van der Waals surface area contributed by atoms with Crippen LogP contribution in [0.2, 0.25) is 0 Å². The van der Waals surface area contributed by atoms with Gasteiger partial charge in [0.25, 0.3) is 0 Å². The topological polar surface area (TPSA) is 263 Å². The third-order valence-corrected chi connectivity index (χ3v) is 5.53. The quantitative estimate of drug-likeness (QED) is 0.0795. The number of primary amides is 2. The van der Waals surface area contributed by atoms with Gasteiger partial charge in [-0.25, -0.2) is 4.79 Å². The first kappa shape index (κ1) is 32.1. The van der Waals surface area contributed by atoms with Gasteiger partial charge in [-0.2, -0.15) is 11.8 Å². The van der Waals surface area contributed by atoms with Crippen LogP contribution >= 0.6 is 11.8 Å². The Morgan fingerprint density at radius 3 is 1.89 bits per heavy atom. The average molecular weight is 520 g/mol. The van der Waals surface area contributed by atoms with Gasteiger partial charge in [-0.1, -0.05) is 0 Å².